The summed E-state index contributed by atoms with van der Waals surface area (Å²) in [6.45, 7) is 4.45. The molecule has 19 heavy (non-hydrogen) atoms. The maximum Gasteiger partial charge on any atom is 0.0349 e. The maximum absolute atomic E-state index is 3.79. The molecule has 0 amide bonds. The van der Waals surface area contributed by atoms with Gasteiger partial charge in [0.15, 0.2) is 0 Å². The van der Waals surface area contributed by atoms with Crippen LogP contribution in [0.15, 0.2) is 24.3 Å². The lowest BCUT2D eigenvalue weighted by Crippen LogP contribution is -2.33. The highest BCUT2D eigenvalue weighted by Crippen LogP contribution is 2.40. The van der Waals surface area contributed by atoms with Crippen molar-refractivity contribution in [2.24, 2.45) is 5.92 Å². The first kappa shape index (κ1) is 13.1. The van der Waals surface area contributed by atoms with Gasteiger partial charge in [-0.05, 0) is 51.1 Å². The molecule has 1 aromatic rings. The normalized spacial score (nSPS) is 20.8. The summed E-state index contributed by atoms with van der Waals surface area (Å²) in [4.78, 5) is 2.51. The minimum absolute atomic E-state index is 0.577. The first-order chi connectivity index (χ1) is 9.24. The van der Waals surface area contributed by atoms with Crippen LogP contribution in [0.2, 0.25) is 0 Å². The fourth-order valence-corrected chi connectivity index (χ4v) is 2.85. The Morgan fingerprint density at radius 3 is 2.42 bits per heavy atom. The Morgan fingerprint density at radius 2 is 1.84 bits per heavy atom. The van der Waals surface area contributed by atoms with E-state index in [9.17, 15) is 0 Å². The number of likely N-dealkylation sites (N-methyl/N-ethyl adjacent to an activating group) is 1. The Morgan fingerprint density at radius 1 is 1.16 bits per heavy atom. The molecule has 2 fully saturated rings. The highest BCUT2D eigenvalue weighted by molar-refractivity contribution is 5.25. The molecule has 0 radical (unpaired) electrons. The number of nitrogens with zero attached hydrogens (tertiary/aromatic N) is 1. The Bertz CT molecular complexity index is 404. The molecule has 0 aliphatic heterocycles. The smallest absolute Gasteiger partial charge is 0.0349 e. The van der Waals surface area contributed by atoms with Gasteiger partial charge in [-0.15, -0.1) is 0 Å². The van der Waals surface area contributed by atoms with Crippen LogP contribution in [0, 0.1) is 12.8 Å². The lowest BCUT2D eigenvalue weighted by Gasteiger charge is -2.22. The molecule has 1 atom stereocenters. The summed E-state index contributed by atoms with van der Waals surface area (Å²) in [5, 5.41) is 3.79. The fourth-order valence-electron chi connectivity index (χ4n) is 2.85. The minimum atomic E-state index is 0.577. The van der Waals surface area contributed by atoms with Crippen LogP contribution in [0.3, 0.4) is 0 Å². The molecule has 2 aliphatic carbocycles. The molecule has 2 heteroatoms. The van der Waals surface area contributed by atoms with Gasteiger partial charge < -0.3 is 10.2 Å². The van der Waals surface area contributed by atoms with Crippen LogP contribution >= 0.6 is 0 Å². The first-order valence-electron chi connectivity index (χ1n) is 7.74. The third-order valence-electron chi connectivity index (χ3n) is 4.53. The van der Waals surface area contributed by atoms with Crippen LogP contribution < -0.4 is 5.32 Å². The van der Waals surface area contributed by atoms with Gasteiger partial charge in [-0.2, -0.15) is 0 Å². The van der Waals surface area contributed by atoms with E-state index in [4.69, 9.17) is 0 Å². The average Bonchev–Trinajstić information content (AvgIpc) is 3.29. The SMILES string of the molecule is Cc1ccc(C(NCCN(C)C2CC2)C2CC2)cc1. The van der Waals surface area contributed by atoms with Gasteiger partial charge in [0.2, 0.25) is 0 Å². The van der Waals surface area contributed by atoms with Crippen LogP contribution in [0.25, 0.3) is 0 Å². The number of hydrogen-bond acceptors (Lipinski definition) is 2. The molecule has 2 saturated carbocycles. The standard InChI is InChI=1S/C17H26N2/c1-13-3-5-14(6-4-13)17(15-7-8-15)18-11-12-19(2)16-9-10-16/h3-6,15-18H,7-12H2,1-2H3. The van der Waals surface area contributed by atoms with Gasteiger partial charge in [0, 0.05) is 25.2 Å². The molecule has 3 rings (SSSR count). The molecule has 0 aromatic heterocycles. The molecular weight excluding hydrogens is 232 g/mol. The van der Waals surface area contributed by atoms with Gasteiger partial charge in [0.05, 0.1) is 0 Å². The molecule has 0 heterocycles. The third kappa shape index (κ3) is 3.58. The Hall–Kier alpha value is -0.860. The van der Waals surface area contributed by atoms with Gasteiger partial charge in [-0.3, -0.25) is 0 Å². The quantitative estimate of drug-likeness (QED) is 0.808. The van der Waals surface area contributed by atoms with Crippen molar-refractivity contribution < 1.29 is 0 Å². The molecule has 2 aliphatic rings. The molecule has 0 spiro atoms. The zero-order chi connectivity index (χ0) is 13.2. The molecule has 1 aromatic carbocycles. The van der Waals surface area contributed by atoms with Gasteiger partial charge in [-0.1, -0.05) is 29.8 Å². The summed E-state index contributed by atoms with van der Waals surface area (Å²) >= 11 is 0. The van der Waals surface area contributed by atoms with E-state index in [1.165, 1.54) is 43.4 Å². The van der Waals surface area contributed by atoms with E-state index < -0.39 is 0 Å². The van der Waals surface area contributed by atoms with E-state index in [0.29, 0.717) is 6.04 Å². The zero-order valence-corrected chi connectivity index (χ0v) is 12.2. The number of benzene rings is 1. The van der Waals surface area contributed by atoms with Gasteiger partial charge in [-0.25, -0.2) is 0 Å². The highest BCUT2D eigenvalue weighted by Gasteiger charge is 2.32. The molecular formula is C17H26N2. The Labute approximate surface area is 117 Å². The number of rotatable bonds is 7. The van der Waals surface area contributed by atoms with E-state index in [-0.39, 0.29) is 0 Å². The van der Waals surface area contributed by atoms with Crippen LogP contribution in [0.1, 0.15) is 42.9 Å². The summed E-state index contributed by atoms with van der Waals surface area (Å²) in [5.74, 6) is 0.869. The van der Waals surface area contributed by atoms with Crippen molar-refractivity contribution >= 4 is 0 Å². The average molecular weight is 258 g/mol. The van der Waals surface area contributed by atoms with Crippen molar-refractivity contribution in [2.45, 2.75) is 44.7 Å². The van der Waals surface area contributed by atoms with Crippen LogP contribution in [0.5, 0.6) is 0 Å². The third-order valence-corrected chi connectivity index (χ3v) is 4.53. The fraction of sp³-hybridized carbons (Fsp3) is 0.647. The van der Waals surface area contributed by atoms with Gasteiger partial charge >= 0.3 is 0 Å². The van der Waals surface area contributed by atoms with E-state index in [0.717, 1.165) is 18.5 Å². The summed E-state index contributed by atoms with van der Waals surface area (Å²) in [6.07, 6.45) is 5.59. The zero-order valence-electron chi connectivity index (χ0n) is 12.2. The topological polar surface area (TPSA) is 15.3 Å². The van der Waals surface area contributed by atoms with E-state index >= 15 is 0 Å². The second-order valence-corrected chi connectivity index (χ2v) is 6.39. The molecule has 2 nitrogen and oxygen atoms in total. The number of hydrogen-bond donors (Lipinski definition) is 1. The van der Waals surface area contributed by atoms with Crippen molar-refractivity contribution in [3.8, 4) is 0 Å². The summed E-state index contributed by atoms with van der Waals surface area (Å²) in [5.41, 5.74) is 2.83. The highest BCUT2D eigenvalue weighted by atomic mass is 15.2. The second-order valence-electron chi connectivity index (χ2n) is 6.39. The van der Waals surface area contributed by atoms with Crippen molar-refractivity contribution in [3.05, 3.63) is 35.4 Å². The molecule has 104 valence electrons. The molecule has 1 N–H and O–H groups in total. The molecule has 0 bridgehead atoms. The van der Waals surface area contributed by atoms with Crippen molar-refractivity contribution in [1.29, 1.82) is 0 Å². The molecule has 1 unspecified atom stereocenters. The van der Waals surface area contributed by atoms with Crippen LogP contribution in [-0.4, -0.2) is 31.1 Å². The first-order valence-corrected chi connectivity index (χ1v) is 7.74. The van der Waals surface area contributed by atoms with E-state index in [1.807, 2.05) is 0 Å². The van der Waals surface area contributed by atoms with Crippen molar-refractivity contribution in [1.82, 2.24) is 10.2 Å². The Balaban J connectivity index is 1.53. The Kier molecular flexibility index (Phi) is 3.90. The number of aryl methyl sites for hydroxylation is 1. The lowest BCUT2D eigenvalue weighted by molar-refractivity contribution is 0.310. The molecule has 0 saturated heterocycles. The summed E-state index contributed by atoms with van der Waals surface area (Å²) in [6, 6.07) is 10.5. The van der Waals surface area contributed by atoms with Crippen molar-refractivity contribution in [2.75, 3.05) is 20.1 Å². The second kappa shape index (κ2) is 5.64. The van der Waals surface area contributed by atoms with Crippen LogP contribution in [0.4, 0.5) is 0 Å². The van der Waals surface area contributed by atoms with Crippen molar-refractivity contribution in [3.63, 3.8) is 0 Å². The largest absolute Gasteiger partial charge is 0.308 e. The minimum Gasteiger partial charge on any atom is -0.308 e. The van der Waals surface area contributed by atoms with Gasteiger partial charge in [0.25, 0.3) is 0 Å². The maximum atomic E-state index is 3.79. The van der Waals surface area contributed by atoms with E-state index in [1.54, 1.807) is 0 Å². The predicted molar refractivity (Wildman–Crippen MR) is 80.3 cm³/mol. The summed E-state index contributed by atoms with van der Waals surface area (Å²) in [7, 11) is 2.26. The monoisotopic (exact) mass is 258 g/mol. The van der Waals surface area contributed by atoms with Crippen LogP contribution in [-0.2, 0) is 0 Å². The lowest BCUT2D eigenvalue weighted by atomic mass is 10.0. The van der Waals surface area contributed by atoms with E-state index in [2.05, 4.69) is 48.5 Å². The summed E-state index contributed by atoms with van der Waals surface area (Å²) < 4.78 is 0. The number of nitrogens with one attached hydrogen (secondary N) is 1. The van der Waals surface area contributed by atoms with Gasteiger partial charge in [0.1, 0.15) is 0 Å². The predicted octanol–water partition coefficient (Wildman–Crippen LogP) is 3.13.